The third kappa shape index (κ3) is 1.86. The Morgan fingerprint density at radius 1 is 1.46 bits per heavy atom. The highest BCUT2D eigenvalue weighted by Gasteiger charge is 2.15. The Labute approximate surface area is 70.2 Å². The predicted molar refractivity (Wildman–Crippen MR) is 38.7 cm³/mol. The van der Waals surface area contributed by atoms with Crippen LogP contribution in [0.25, 0.3) is 0 Å². The van der Waals surface area contributed by atoms with Crippen LogP contribution in [0.2, 0.25) is 0 Å². The number of nitrogens with zero attached hydrogens (tertiary/aromatic N) is 1. The Morgan fingerprint density at radius 2 is 2.08 bits per heavy atom. The maximum Gasteiger partial charge on any atom is 0.333 e. The summed E-state index contributed by atoms with van der Waals surface area (Å²) in [6, 6.07) is 1.56. The lowest BCUT2D eigenvalue weighted by atomic mass is 10.3. The highest BCUT2D eigenvalue weighted by molar-refractivity contribution is 5.27. The van der Waals surface area contributed by atoms with Crippen LogP contribution in [0.1, 0.15) is 12.1 Å². The van der Waals surface area contributed by atoms with Gasteiger partial charge in [0.2, 0.25) is 0 Å². The van der Waals surface area contributed by atoms with E-state index in [1.165, 1.54) is 0 Å². The second-order valence-electron chi connectivity index (χ2n) is 2.19. The first-order chi connectivity index (χ1) is 6.02. The van der Waals surface area contributed by atoms with Gasteiger partial charge in [-0.25, -0.2) is 8.78 Å². The summed E-state index contributed by atoms with van der Waals surface area (Å²) >= 11 is 0. The van der Waals surface area contributed by atoms with Crippen LogP contribution in [-0.2, 0) is 0 Å². The lowest BCUT2D eigenvalue weighted by Crippen LogP contribution is -2.13. The van der Waals surface area contributed by atoms with E-state index in [9.17, 15) is 23.7 Å². The molecule has 1 N–H and O–H groups in total. The zero-order chi connectivity index (χ0) is 10.0. The van der Waals surface area contributed by atoms with E-state index in [1.807, 2.05) is 0 Å². The van der Waals surface area contributed by atoms with Crippen LogP contribution in [0, 0.1) is 10.1 Å². The van der Waals surface area contributed by atoms with Gasteiger partial charge in [0.15, 0.2) is 0 Å². The van der Waals surface area contributed by atoms with Crippen LogP contribution in [0.15, 0.2) is 16.9 Å². The minimum Gasteiger partial charge on any atom is -0.315 e. The van der Waals surface area contributed by atoms with Gasteiger partial charge in [-0.1, -0.05) is 0 Å². The molecule has 5 nitrogen and oxygen atoms in total. The van der Waals surface area contributed by atoms with E-state index < -0.39 is 28.3 Å². The smallest absolute Gasteiger partial charge is 0.315 e. The molecule has 0 bridgehead atoms. The Kier molecular flexibility index (Phi) is 2.36. The number of halogens is 2. The highest BCUT2D eigenvalue weighted by Crippen LogP contribution is 2.15. The molecule has 1 rings (SSSR count). The molecule has 0 radical (unpaired) electrons. The Morgan fingerprint density at radius 3 is 2.46 bits per heavy atom. The molecule has 0 aliphatic rings. The van der Waals surface area contributed by atoms with Gasteiger partial charge in [-0.15, -0.1) is 0 Å². The molecule has 0 saturated carbocycles. The molecule has 13 heavy (non-hydrogen) atoms. The molecule has 0 atom stereocenters. The van der Waals surface area contributed by atoms with Crippen LogP contribution >= 0.6 is 0 Å². The first-order valence-corrected chi connectivity index (χ1v) is 3.18. The van der Waals surface area contributed by atoms with Gasteiger partial charge in [0.25, 0.3) is 6.43 Å². The molecule has 1 aromatic heterocycles. The summed E-state index contributed by atoms with van der Waals surface area (Å²) in [7, 11) is 0. The summed E-state index contributed by atoms with van der Waals surface area (Å²) in [5.74, 6) is 0. The second kappa shape index (κ2) is 3.30. The summed E-state index contributed by atoms with van der Waals surface area (Å²) in [6.07, 6.45) is -2.84. The molecule has 1 heterocycles. The molecule has 0 aliphatic heterocycles. The molecule has 0 aliphatic carbocycles. The summed E-state index contributed by atoms with van der Waals surface area (Å²) < 4.78 is 23.9. The third-order valence-electron chi connectivity index (χ3n) is 1.34. The van der Waals surface area contributed by atoms with E-state index in [0.29, 0.717) is 0 Å². The fraction of sp³-hybridized carbons (Fsp3) is 0.167. The Hall–Kier alpha value is -1.79. The SMILES string of the molecule is O=c1[nH]c(C(F)F)ccc1[N+](=O)[O-]. The average molecular weight is 190 g/mol. The van der Waals surface area contributed by atoms with Crippen molar-refractivity contribution in [3.05, 3.63) is 38.3 Å². The van der Waals surface area contributed by atoms with Crippen LogP contribution in [0.5, 0.6) is 0 Å². The summed E-state index contributed by atoms with van der Waals surface area (Å²) in [4.78, 5) is 21.6. The number of nitro groups is 1. The number of H-pyrrole nitrogens is 1. The van der Waals surface area contributed by atoms with E-state index in [4.69, 9.17) is 0 Å². The summed E-state index contributed by atoms with van der Waals surface area (Å²) in [5, 5.41) is 10.1. The maximum absolute atomic E-state index is 11.9. The highest BCUT2D eigenvalue weighted by atomic mass is 19.3. The summed E-state index contributed by atoms with van der Waals surface area (Å²) in [5.41, 5.74) is -2.50. The van der Waals surface area contributed by atoms with Gasteiger partial charge in [0.1, 0.15) is 0 Å². The zero-order valence-corrected chi connectivity index (χ0v) is 6.16. The molecule has 0 spiro atoms. The van der Waals surface area contributed by atoms with Gasteiger partial charge in [-0.05, 0) is 6.07 Å². The van der Waals surface area contributed by atoms with Crippen molar-refractivity contribution in [2.45, 2.75) is 6.43 Å². The molecule has 7 heteroatoms. The molecule has 0 aromatic carbocycles. The number of pyridine rings is 1. The second-order valence-corrected chi connectivity index (χ2v) is 2.19. The third-order valence-corrected chi connectivity index (χ3v) is 1.34. The predicted octanol–water partition coefficient (Wildman–Crippen LogP) is 1.22. The molecule has 0 amide bonds. The van der Waals surface area contributed by atoms with Crippen LogP contribution in [0.4, 0.5) is 14.5 Å². The van der Waals surface area contributed by atoms with E-state index in [-0.39, 0.29) is 0 Å². The average Bonchev–Trinajstić information content (AvgIpc) is 2.03. The number of aromatic nitrogens is 1. The van der Waals surface area contributed by atoms with Gasteiger partial charge in [-0.2, -0.15) is 0 Å². The van der Waals surface area contributed by atoms with E-state index in [2.05, 4.69) is 0 Å². The van der Waals surface area contributed by atoms with Crippen molar-refractivity contribution in [1.29, 1.82) is 0 Å². The van der Waals surface area contributed by atoms with Crippen LogP contribution in [0.3, 0.4) is 0 Å². The first kappa shape index (κ1) is 9.30. The minimum atomic E-state index is -2.84. The van der Waals surface area contributed by atoms with Gasteiger partial charge >= 0.3 is 11.2 Å². The number of alkyl halides is 2. The molecule has 1 aromatic rings. The topological polar surface area (TPSA) is 76.0 Å². The van der Waals surface area contributed by atoms with Gasteiger partial charge in [0, 0.05) is 6.07 Å². The normalized spacial score (nSPS) is 10.4. The molecular formula is C6H4F2N2O3. The number of aromatic amines is 1. The lowest BCUT2D eigenvalue weighted by Gasteiger charge is -1.97. The van der Waals surface area contributed by atoms with Crippen molar-refractivity contribution in [3.63, 3.8) is 0 Å². The van der Waals surface area contributed by atoms with Gasteiger partial charge in [0.05, 0.1) is 10.6 Å². The lowest BCUT2D eigenvalue weighted by molar-refractivity contribution is -0.386. The molecule has 0 fully saturated rings. The summed E-state index contributed by atoms with van der Waals surface area (Å²) in [6.45, 7) is 0. The van der Waals surface area contributed by atoms with E-state index in [0.717, 1.165) is 12.1 Å². The number of rotatable bonds is 2. The van der Waals surface area contributed by atoms with Crippen molar-refractivity contribution in [1.82, 2.24) is 4.98 Å². The number of hydrogen-bond acceptors (Lipinski definition) is 3. The molecular weight excluding hydrogens is 186 g/mol. The number of hydrogen-bond donors (Lipinski definition) is 1. The maximum atomic E-state index is 11.9. The van der Waals surface area contributed by atoms with E-state index in [1.54, 1.807) is 4.98 Å². The first-order valence-electron chi connectivity index (χ1n) is 3.18. The van der Waals surface area contributed by atoms with Crippen molar-refractivity contribution in [2.75, 3.05) is 0 Å². The Balaban J connectivity index is 3.21. The number of nitrogens with one attached hydrogen (secondary N) is 1. The van der Waals surface area contributed by atoms with Gasteiger partial charge in [-0.3, -0.25) is 14.9 Å². The molecule has 70 valence electrons. The van der Waals surface area contributed by atoms with Crippen molar-refractivity contribution < 1.29 is 13.7 Å². The zero-order valence-electron chi connectivity index (χ0n) is 6.16. The van der Waals surface area contributed by atoms with Gasteiger partial charge < -0.3 is 4.98 Å². The largest absolute Gasteiger partial charge is 0.333 e. The monoisotopic (exact) mass is 190 g/mol. The molecule has 0 saturated heterocycles. The van der Waals surface area contributed by atoms with Crippen LogP contribution < -0.4 is 5.56 Å². The fourth-order valence-corrected chi connectivity index (χ4v) is 0.752. The molecule has 0 unspecified atom stereocenters. The van der Waals surface area contributed by atoms with Crippen molar-refractivity contribution in [3.8, 4) is 0 Å². The fourth-order valence-electron chi connectivity index (χ4n) is 0.752. The van der Waals surface area contributed by atoms with E-state index >= 15 is 0 Å². The Bertz CT molecular complexity index is 388. The van der Waals surface area contributed by atoms with Crippen molar-refractivity contribution >= 4 is 5.69 Å². The van der Waals surface area contributed by atoms with Crippen molar-refractivity contribution in [2.24, 2.45) is 0 Å². The standard InChI is InChI=1S/C6H4F2N2O3/c7-5(8)3-1-2-4(10(12)13)6(11)9-3/h1-2,5H,(H,9,11). The van der Waals surface area contributed by atoms with Crippen LogP contribution in [-0.4, -0.2) is 9.91 Å². The minimum absolute atomic E-state index is 0.629. The quantitative estimate of drug-likeness (QED) is 0.562.